The van der Waals surface area contributed by atoms with Gasteiger partial charge in [-0.3, -0.25) is 9.59 Å². The zero-order chi connectivity index (χ0) is 18.7. The number of hydrogen-bond acceptors (Lipinski definition) is 3. The predicted octanol–water partition coefficient (Wildman–Crippen LogP) is 2.19. The monoisotopic (exact) mass is 366 g/mol. The van der Waals surface area contributed by atoms with Crippen LogP contribution in [-0.4, -0.2) is 59.5 Å². The molecular formula is C19H24F2N2O3. The highest BCUT2D eigenvalue weighted by molar-refractivity contribution is 5.94. The smallest absolute Gasteiger partial charge is 0.253 e. The molecule has 0 aromatic heterocycles. The molecule has 0 unspecified atom stereocenters. The van der Waals surface area contributed by atoms with Gasteiger partial charge in [0.05, 0.1) is 0 Å². The first-order valence-electron chi connectivity index (χ1n) is 9.07. The zero-order valence-electron chi connectivity index (χ0n) is 14.7. The fourth-order valence-corrected chi connectivity index (χ4v) is 3.97. The van der Waals surface area contributed by atoms with Crippen LogP contribution in [0.3, 0.4) is 0 Å². The van der Waals surface area contributed by atoms with Crippen molar-refractivity contribution in [1.29, 1.82) is 0 Å². The molecule has 2 aliphatic rings. The standard InChI is InChI=1S/C19H24F2N2O3/c20-15-3-2-14(12-16(15)21)18(26)22-9-6-19(7-10-22)5-4-17(25)23(13-19)8-1-11-24/h2-3,12,24H,1,4-11,13H2. The van der Waals surface area contributed by atoms with Crippen molar-refractivity contribution in [2.45, 2.75) is 32.1 Å². The van der Waals surface area contributed by atoms with Gasteiger partial charge < -0.3 is 14.9 Å². The molecule has 5 nitrogen and oxygen atoms in total. The second-order valence-corrected chi connectivity index (χ2v) is 7.31. The number of amides is 2. The molecule has 2 amide bonds. The van der Waals surface area contributed by atoms with E-state index in [2.05, 4.69) is 0 Å². The molecule has 1 aromatic rings. The Morgan fingerprint density at radius 3 is 2.54 bits per heavy atom. The van der Waals surface area contributed by atoms with Crippen LogP contribution in [0, 0.1) is 17.0 Å². The van der Waals surface area contributed by atoms with Crippen LogP contribution in [0.4, 0.5) is 8.78 Å². The van der Waals surface area contributed by atoms with Gasteiger partial charge in [0.2, 0.25) is 5.91 Å². The third kappa shape index (κ3) is 3.87. The summed E-state index contributed by atoms with van der Waals surface area (Å²) in [5, 5.41) is 8.99. The number of piperidine rings is 2. The second kappa shape index (κ2) is 7.70. The lowest BCUT2D eigenvalue weighted by molar-refractivity contribution is -0.139. The number of rotatable bonds is 4. The Bertz CT molecular complexity index is 687. The van der Waals surface area contributed by atoms with Crippen molar-refractivity contribution >= 4 is 11.8 Å². The third-order valence-electron chi connectivity index (χ3n) is 5.61. The van der Waals surface area contributed by atoms with Crippen molar-refractivity contribution < 1.29 is 23.5 Å². The highest BCUT2D eigenvalue weighted by Gasteiger charge is 2.41. The molecule has 7 heteroatoms. The SMILES string of the molecule is O=C1CCC2(CCN(C(=O)c3ccc(F)c(F)c3)CC2)CN1CCCO. The third-order valence-corrected chi connectivity index (χ3v) is 5.61. The quantitative estimate of drug-likeness (QED) is 0.889. The maximum absolute atomic E-state index is 13.4. The van der Waals surface area contributed by atoms with Gasteiger partial charge in [-0.05, 0) is 49.3 Å². The summed E-state index contributed by atoms with van der Waals surface area (Å²) in [5.41, 5.74) is 0.164. The number of carbonyl (C=O) groups is 2. The molecule has 2 heterocycles. The minimum Gasteiger partial charge on any atom is -0.396 e. The van der Waals surface area contributed by atoms with Crippen molar-refractivity contribution in [2.75, 3.05) is 32.8 Å². The van der Waals surface area contributed by atoms with Crippen LogP contribution in [0.5, 0.6) is 0 Å². The molecule has 1 aromatic carbocycles. The van der Waals surface area contributed by atoms with E-state index in [9.17, 15) is 18.4 Å². The number of benzene rings is 1. The zero-order valence-corrected chi connectivity index (χ0v) is 14.7. The average molecular weight is 366 g/mol. The normalized spacial score (nSPS) is 19.9. The molecular weight excluding hydrogens is 342 g/mol. The molecule has 2 saturated heterocycles. The molecule has 1 N–H and O–H groups in total. The summed E-state index contributed by atoms with van der Waals surface area (Å²) >= 11 is 0. The number of likely N-dealkylation sites (tertiary alicyclic amines) is 2. The van der Waals surface area contributed by atoms with E-state index in [4.69, 9.17) is 5.11 Å². The Balaban J connectivity index is 1.62. The summed E-state index contributed by atoms with van der Waals surface area (Å²) in [6, 6.07) is 3.22. The fourth-order valence-electron chi connectivity index (χ4n) is 3.97. The molecule has 0 aliphatic carbocycles. The minimum atomic E-state index is -1.02. The van der Waals surface area contributed by atoms with Gasteiger partial charge in [0.15, 0.2) is 11.6 Å². The molecule has 0 saturated carbocycles. The first-order valence-corrected chi connectivity index (χ1v) is 9.07. The summed E-state index contributed by atoms with van der Waals surface area (Å²) in [5.74, 6) is -2.14. The van der Waals surface area contributed by atoms with E-state index >= 15 is 0 Å². The molecule has 2 aliphatic heterocycles. The van der Waals surface area contributed by atoms with Crippen LogP contribution in [0.2, 0.25) is 0 Å². The molecule has 0 radical (unpaired) electrons. The van der Waals surface area contributed by atoms with Crippen LogP contribution in [0.25, 0.3) is 0 Å². The Hall–Kier alpha value is -2.02. The topological polar surface area (TPSA) is 60.9 Å². The maximum atomic E-state index is 13.4. The van der Waals surface area contributed by atoms with Gasteiger partial charge >= 0.3 is 0 Å². The van der Waals surface area contributed by atoms with Crippen LogP contribution in [0.1, 0.15) is 42.5 Å². The summed E-state index contributed by atoms with van der Waals surface area (Å²) in [7, 11) is 0. The molecule has 1 spiro atoms. The van der Waals surface area contributed by atoms with E-state index in [1.165, 1.54) is 6.07 Å². The van der Waals surface area contributed by atoms with Crippen molar-refractivity contribution in [3.63, 3.8) is 0 Å². The molecule has 142 valence electrons. The average Bonchev–Trinajstić information content (AvgIpc) is 2.65. The lowest BCUT2D eigenvalue weighted by Gasteiger charge is -2.47. The molecule has 26 heavy (non-hydrogen) atoms. The first kappa shape index (κ1) is 18.8. The van der Waals surface area contributed by atoms with Crippen molar-refractivity contribution in [1.82, 2.24) is 9.80 Å². The van der Waals surface area contributed by atoms with E-state index in [1.807, 2.05) is 4.90 Å². The van der Waals surface area contributed by atoms with Crippen LogP contribution < -0.4 is 0 Å². The van der Waals surface area contributed by atoms with Gasteiger partial charge in [-0.1, -0.05) is 0 Å². The van der Waals surface area contributed by atoms with E-state index in [0.29, 0.717) is 39.0 Å². The summed E-state index contributed by atoms with van der Waals surface area (Å²) < 4.78 is 26.4. The summed E-state index contributed by atoms with van der Waals surface area (Å²) in [4.78, 5) is 28.1. The Labute approximate surface area is 151 Å². The Morgan fingerprint density at radius 2 is 1.88 bits per heavy atom. The summed E-state index contributed by atoms with van der Waals surface area (Å²) in [6.07, 6.45) is 3.45. The number of nitrogens with zero attached hydrogens (tertiary/aromatic N) is 2. The molecule has 0 atom stereocenters. The van der Waals surface area contributed by atoms with Gasteiger partial charge in [0.25, 0.3) is 5.91 Å². The van der Waals surface area contributed by atoms with Crippen LogP contribution in [-0.2, 0) is 4.79 Å². The number of aliphatic hydroxyl groups excluding tert-OH is 1. The highest BCUT2D eigenvalue weighted by Crippen LogP contribution is 2.40. The Kier molecular flexibility index (Phi) is 5.55. The van der Waals surface area contributed by atoms with Gasteiger partial charge in [0.1, 0.15) is 0 Å². The second-order valence-electron chi connectivity index (χ2n) is 7.31. The molecule has 3 rings (SSSR count). The highest BCUT2D eigenvalue weighted by atomic mass is 19.2. The van der Waals surface area contributed by atoms with E-state index in [-0.39, 0.29) is 29.4 Å². The number of carbonyl (C=O) groups excluding carboxylic acids is 2. The van der Waals surface area contributed by atoms with E-state index in [1.54, 1.807) is 4.90 Å². The van der Waals surface area contributed by atoms with Gasteiger partial charge in [0, 0.05) is 44.8 Å². The number of hydrogen-bond donors (Lipinski definition) is 1. The van der Waals surface area contributed by atoms with Crippen molar-refractivity contribution in [3.8, 4) is 0 Å². The largest absolute Gasteiger partial charge is 0.396 e. The van der Waals surface area contributed by atoms with E-state index < -0.39 is 11.6 Å². The first-order chi connectivity index (χ1) is 12.4. The maximum Gasteiger partial charge on any atom is 0.253 e. The Morgan fingerprint density at radius 1 is 1.15 bits per heavy atom. The van der Waals surface area contributed by atoms with Crippen molar-refractivity contribution in [2.24, 2.45) is 5.41 Å². The fraction of sp³-hybridized carbons (Fsp3) is 0.579. The van der Waals surface area contributed by atoms with Gasteiger partial charge in [-0.25, -0.2) is 8.78 Å². The predicted molar refractivity (Wildman–Crippen MR) is 91.4 cm³/mol. The molecule has 0 bridgehead atoms. The number of aliphatic hydroxyl groups is 1. The lowest BCUT2D eigenvalue weighted by atomic mass is 9.72. The van der Waals surface area contributed by atoms with Crippen LogP contribution in [0.15, 0.2) is 18.2 Å². The van der Waals surface area contributed by atoms with Crippen molar-refractivity contribution in [3.05, 3.63) is 35.4 Å². The van der Waals surface area contributed by atoms with Crippen LogP contribution >= 0.6 is 0 Å². The summed E-state index contributed by atoms with van der Waals surface area (Å²) in [6.45, 7) is 2.38. The number of halogens is 2. The van der Waals surface area contributed by atoms with Gasteiger partial charge in [-0.2, -0.15) is 0 Å². The van der Waals surface area contributed by atoms with E-state index in [0.717, 1.165) is 31.4 Å². The lowest BCUT2D eigenvalue weighted by Crippen LogP contribution is -2.52. The van der Waals surface area contributed by atoms with Gasteiger partial charge in [-0.15, -0.1) is 0 Å². The molecule has 2 fully saturated rings. The minimum absolute atomic E-state index is 0.00813.